The summed E-state index contributed by atoms with van der Waals surface area (Å²) in [5.41, 5.74) is 4.73. The summed E-state index contributed by atoms with van der Waals surface area (Å²) in [5.74, 6) is 0.00267. The van der Waals surface area contributed by atoms with E-state index in [2.05, 4.69) is 28.1 Å². The molecule has 4 nitrogen and oxygen atoms in total. The number of piperidine rings is 1. The fraction of sp³-hybridized carbons (Fsp3) is 0.280. The van der Waals surface area contributed by atoms with Gasteiger partial charge in [0.25, 0.3) is 0 Å². The molecule has 1 aliphatic rings. The molecule has 1 saturated heterocycles. The van der Waals surface area contributed by atoms with E-state index >= 15 is 0 Å². The average Bonchev–Trinajstić information content (AvgIpc) is 2.80. The summed E-state index contributed by atoms with van der Waals surface area (Å²) in [4.78, 5) is 6.94. The van der Waals surface area contributed by atoms with Crippen LogP contribution in [0.2, 0.25) is 0 Å². The number of nitrogens with zero attached hydrogens (tertiary/aromatic N) is 3. The minimum Gasteiger partial charge on any atom is -0.477 e. The van der Waals surface area contributed by atoms with Crippen LogP contribution in [-0.4, -0.2) is 24.7 Å². The van der Waals surface area contributed by atoms with Gasteiger partial charge in [-0.1, -0.05) is 12.1 Å². The van der Waals surface area contributed by atoms with Crippen LogP contribution in [-0.2, 0) is 0 Å². The molecule has 1 aromatic heterocycles. The molecule has 0 radical (unpaired) electrons. The zero-order valence-corrected chi connectivity index (χ0v) is 17.1. The van der Waals surface area contributed by atoms with E-state index in [1.54, 1.807) is 12.1 Å². The maximum absolute atomic E-state index is 13.4. The zero-order valence-electron chi connectivity index (χ0n) is 17.1. The first-order valence-electron chi connectivity index (χ1n) is 10.4. The van der Waals surface area contributed by atoms with Crippen LogP contribution in [0.15, 0.2) is 54.6 Å². The normalized spacial score (nSPS) is 13.7. The largest absolute Gasteiger partial charge is 0.477 e. The molecule has 5 heteroatoms. The summed E-state index contributed by atoms with van der Waals surface area (Å²) in [7, 11) is 0. The number of pyridine rings is 1. The van der Waals surface area contributed by atoms with Gasteiger partial charge in [-0.2, -0.15) is 5.26 Å². The van der Waals surface area contributed by atoms with Crippen molar-refractivity contribution < 1.29 is 9.13 Å². The maximum atomic E-state index is 13.4. The second-order valence-corrected chi connectivity index (χ2v) is 7.38. The van der Waals surface area contributed by atoms with Gasteiger partial charge in [0, 0.05) is 29.9 Å². The molecule has 152 valence electrons. The van der Waals surface area contributed by atoms with Gasteiger partial charge in [0.05, 0.1) is 12.3 Å². The van der Waals surface area contributed by atoms with Gasteiger partial charge in [-0.25, -0.2) is 9.37 Å². The van der Waals surface area contributed by atoms with Crippen molar-refractivity contribution in [2.45, 2.75) is 26.2 Å². The second kappa shape index (κ2) is 8.96. The molecular formula is C25H24FN3O. The highest BCUT2D eigenvalue weighted by Crippen LogP contribution is 2.34. The van der Waals surface area contributed by atoms with Crippen LogP contribution in [0.1, 0.15) is 31.7 Å². The maximum Gasteiger partial charge on any atom is 0.232 e. The molecule has 3 aromatic rings. The summed E-state index contributed by atoms with van der Waals surface area (Å²) in [6.07, 6.45) is 3.75. The predicted molar refractivity (Wildman–Crippen MR) is 117 cm³/mol. The number of hydrogen-bond acceptors (Lipinski definition) is 4. The second-order valence-electron chi connectivity index (χ2n) is 7.38. The van der Waals surface area contributed by atoms with Gasteiger partial charge in [-0.3, -0.25) is 0 Å². The highest BCUT2D eigenvalue weighted by Gasteiger charge is 2.17. The number of halogens is 1. The summed E-state index contributed by atoms with van der Waals surface area (Å²) >= 11 is 0. The standard InChI is InChI=1S/C25H24FN3O/c1-2-30-25-23(17-27)22(16-24(28-25)19-6-10-20(26)11-7-19)18-8-12-21(13-9-18)29-14-4-3-5-15-29/h6-13,16H,2-5,14-15H2,1H3. The summed E-state index contributed by atoms with van der Waals surface area (Å²) in [6.45, 7) is 4.44. The van der Waals surface area contributed by atoms with E-state index in [1.807, 2.05) is 25.1 Å². The Morgan fingerprint density at radius 1 is 1.00 bits per heavy atom. The van der Waals surface area contributed by atoms with E-state index in [4.69, 9.17) is 4.74 Å². The molecular weight excluding hydrogens is 377 g/mol. The molecule has 0 saturated carbocycles. The Kier molecular flexibility index (Phi) is 5.94. The smallest absolute Gasteiger partial charge is 0.232 e. The minimum atomic E-state index is -0.300. The van der Waals surface area contributed by atoms with Gasteiger partial charge in [-0.15, -0.1) is 0 Å². The Bertz CT molecular complexity index is 1050. The van der Waals surface area contributed by atoms with Crippen molar-refractivity contribution in [2.24, 2.45) is 0 Å². The minimum absolute atomic E-state index is 0.300. The predicted octanol–water partition coefficient (Wildman–Crippen LogP) is 5.82. The molecule has 30 heavy (non-hydrogen) atoms. The van der Waals surface area contributed by atoms with Crippen molar-refractivity contribution >= 4 is 5.69 Å². The van der Waals surface area contributed by atoms with Crippen LogP contribution in [0, 0.1) is 17.1 Å². The van der Waals surface area contributed by atoms with Gasteiger partial charge in [0.1, 0.15) is 17.4 Å². The Labute approximate surface area is 176 Å². The van der Waals surface area contributed by atoms with Crippen LogP contribution in [0.3, 0.4) is 0 Å². The number of hydrogen-bond donors (Lipinski definition) is 0. The van der Waals surface area contributed by atoms with Gasteiger partial charge in [0.15, 0.2) is 0 Å². The van der Waals surface area contributed by atoms with Crippen LogP contribution >= 0.6 is 0 Å². The molecule has 0 spiro atoms. The van der Waals surface area contributed by atoms with E-state index in [1.165, 1.54) is 37.1 Å². The molecule has 2 heterocycles. The van der Waals surface area contributed by atoms with Crippen molar-refractivity contribution in [1.29, 1.82) is 5.26 Å². The van der Waals surface area contributed by atoms with E-state index in [9.17, 15) is 9.65 Å². The molecule has 0 N–H and O–H groups in total. The van der Waals surface area contributed by atoms with Crippen molar-refractivity contribution in [2.75, 3.05) is 24.6 Å². The Hall–Kier alpha value is -3.39. The lowest BCUT2D eigenvalue weighted by Crippen LogP contribution is -2.29. The highest BCUT2D eigenvalue weighted by atomic mass is 19.1. The van der Waals surface area contributed by atoms with Crippen molar-refractivity contribution in [1.82, 2.24) is 4.98 Å². The molecule has 0 atom stereocenters. The third-order valence-corrected chi connectivity index (χ3v) is 5.42. The van der Waals surface area contributed by atoms with E-state index < -0.39 is 0 Å². The average molecular weight is 401 g/mol. The molecule has 1 fully saturated rings. The third-order valence-electron chi connectivity index (χ3n) is 5.42. The quantitative estimate of drug-likeness (QED) is 0.541. The number of ether oxygens (including phenoxy) is 1. The topological polar surface area (TPSA) is 49.1 Å². The van der Waals surface area contributed by atoms with Crippen molar-refractivity contribution in [3.63, 3.8) is 0 Å². The number of rotatable bonds is 5. The molecule has 4 rings (SSSR count). The first-order chi connectivity index (χ1) is 14.7. The lowest BCUT2D eigenvalue weighted by atomic mass is 9.98. The zero-order chi connectivity index (χ0) is 20.9. The number of anilines is 1. The Balaban J connectivity index is 1.77. The molecule has 0 amide bonds. The monoisotopic (exact) mass is 401 g/mol. The fourth-order valence-corrected chi connectivity index (χ4v) is 3.87. The Morgan fingerprint density at radius 3 is 2.30 bits per heavy atom. The van der Waals surface area contributed by atoms with Crippen LogP contribution in [0.25, 0.3) is 22.4 Å². The fourth-order valence-electron chi connectivity index (χ4n) is 3.87. The number of nitriles is 1. The van der Waals surface area contributed by atoms with Crippen LogP contribution < -0.4 is 9.64 Å². The summed E-state index contributed by atoms with van der Waals surface area (Å²) in [5, 5.41) is 9.82. The van der Waals surface area contributed by atoms with Gasteiger partial charge < -0.3 is 9.64 Å². The van der Waals surface area contributed by atoms with E-state index in [0.717, 1.165) is 29.8 Å². The van der Waals surface area contributed by atoms with Crippen molar-refractivity contribution in [3.05, 3.63) is 66.0 Å². The highest BCUT2D eigenvalue weighted by molar-refractivity contribution is 5.78. The first-order valence-corrected chi connectivity index (χ1v) is 10.4. The molecule has 1 aliphatic heterocycles. The summed E-state index contributed by atoms with van der Waals surface area (Å²) < 4.78 is 19.0. The molecule has 0 bridgehead atoms. The van der Waals surface area contributed by atoms with Crippen LogP contribution in [0.5, 0.6) is 5.88 Å². The molecule has 0 unspecified atom stereocenters. The van der Waals surface area contributed by atoms with E-state index in [0.29, 0.717) is 23.7 Å². The van der Waals surface area contributed by atoms with Gasteiger partial charge in [0.2, 0.25) is 5.88 Å². The van der Waals surface area contributed by atoms with Crippen molar-refractivity contribution in [3.8, 4) is 34.3 Å². The van der Waals surface area contributed by atoms with E-state index in [-0.39, 0.29) is 5.82 Å². The lowest BCUT2D eigenvalue weighted by Gasteiger charge is -2.29. The molecule has 0 aliphatic carbocycles. The lowest BCUT2D eigenvalue weighted by molar-refractivity contribution is 0.326. The third kappa shape index (κ3) is 4.13. The Morgan fingerprint density at radius 2 is 1.67 bits per heavy atom. The number of aromatic nitrogens is 1. The molecule has 2 aromatic carbocycles. The van der Waals surface area contributed by atoms with Crippen LogP contribution in [0.4, 0.5) is 10.1 Å². The number of benzene rings is 2. The summed E-state index contributed by atoms with van der Waals surface area (Å²) in [6, 6.07) is 18.6. The first kappa shape index (κ1) is 19.9. The SMILES string of the molecule is CCOc1nc(-c2ccc(F)cc2)cc(-c2ccc(N3CCCCC3)cc2)c1C#N. The van der Waals surface area contributed by atoms with Gasteiger partial charge >= 0.3 is 0 Å². The van der Waals surface area contributed by atoms with Gasteiger partial charge in [-0.05, 0) is 74.2 Å².